The van der Waals surface area contributed by atoms with Crippen molar-refractivity contribution in [2.45, 2.75) is 73.1 Å². The van der Waals surface area contributed by atoms with E-state index in [4.69, 9.17) is 9.47 Å². The lowest BCUT2D eigenvalue weighted by atomic mass is 9.89. The number of carbonyl (C=O) groups excluding carboxylic acids is 2. The van der Waals surface area contributed by atoms with Gasteiger partial charge in [0.05, 0.1) is 19.1 Å². The van der Waals surface area contributed by atoms with Gasteiger partial charge < -0.3 is 9.47 Å². The first-order chi connectivity index (χ1) is 11.0. The SMILES string of the molecule is CCC=C(C(=O)OCCCC)C(CC(C)C)C(=O)OCCCC. The molecule has 0 aromatic carbocycles. The predicted octanol–water partition coefficient (Wildman–Crippen LogP) is 4.67. The van der Waals surface area contributed by atoms with E-state index in [2.05, 4.69) is 0 Å². The van der Waals surface area contributed by atoms with Crippen LogP contribution in [0.2, 0.25) is 0 Å². The molecule has 1 unspecified atom stereocenters. The van der Waals surface area contributed by atoms with Crippen LogP contribution in [0.4, 0.5) is 0 Å². The van der Waals surface area contributed by atoms with Gasteiger partial charge in [0.25, 0.3) is 0 Å². The molecule has 4 heteroatoms. The minimum Gasteiger partial charge on any atom is -0.465 e. The van der Waals surface area contributed by atoms with Gasteiger partial charge in [-0.15, -0.1) is 0 Å². The number of hydrogen-bond acceptors (Lipinski definition) is 4. The molecule has 0 N–H and O–H groups in total. The summed E-state index contributed by atoms with van der Waals surface area (Å²) in [7, 11) is 0. The first-order valence-corrected chi connectivity index (χ1v) is 9.01. The van der Waals surface area contributed by atoms with Crippen LogP contribution >= 0.6 is 0 Å². The van der Waals surface area contributed by atoms with E-state index in [9.17, 15) is 9.59 Å². The molecule has 0 saturated carbocycles. The largest absolute Gasteiger partial charge is 0.465 e. The third-order valence-corrected chi connectivity index (χ3v) is 3.50. The second-order valence-corrected chi connectivity index (χ2v) is 6.26. The van der Waals surface area contributed by atoms with E-state index in [0.29, 0.717) is 37.5 Å². The molecule has 0 saturated heterocycles. The molecule has 4 nitrogen and oxygen atoms in total. The summed E-state index contributed by atoms with van der Waals surface area (Å²) in [6.07, 6.45) is 6.71. The third kappa shape index (κ3) is 9.42. The van der Waals surface area contributed by atoms with Crippen LogP contribution in [0.3, 0.4) is 0 Å². The molecule has 23 heavy (non-hydrogen) atoms. The van der Waals surface area contributed by atoms with E-state index in [1.165, 1.54) is 0 Å². The Morgan fingerprint density at radius 2 is 1.52 bits per heavy atom. The maximum atomic E-state index is 12.4. The van der Waals surface area contributed by atoms with Crippen LogP contribution in [0.1, 0.15) is 73.1 Å². The van der Waals surface area contributed by atoms with Gasteiger partial charge in [0.15, 0.2) is 0 Å². The first kappa shape index (κ1) is 21.7. The summed E-state index contributed by atoms with van der Waals surface area (Å²) in [4.78, 5) is 24.8. The van der Waals surface area contributed by atoms with Crippen LogP contribution in [-0.4, -0.2) is 25.2 Å². The summed E-state index contributed by atoms with van der Waals surface area (Å²) >= 11 is 0. The number of rotatable bonds is 12. The molecule has 134 valence electrons. The Labute approximate surface area is 141 Å². The number of ether oxygens (including phenoxy) is 2. The quantitative estimate of drug-likeness (QED) is 0.297. The van der Waals surface area contributed by atoms with Crippen LogP contribution < -0.4 is 0 Å². The van der Waals surface area contributed by atoms with Crippen LogP contribution in [0.5, 0.6) is 0 Å². The molecule has 0 aliphatic heterocycles. The van der Waals surface area contributed by atoms with Gasteiger partial charge in [0.1, 0.15) is 0 Å². The molecule has 0 radical (unpaired) electrons. The standard InChI is InChI=1S/C19H34O4/c1-6-9-12-22-18(20)16(11-8-3)17(14-15(4)5)19(21)23-13-10-7-2/h11,15,17H,6-10,12-14H2,1-5H3. The minimum absolute atomic E-state index is 0.294. The summed E-state index contributed by atoms with van der Waals surface area (Å²) in [5.41, 5.74) is 0.457. The van der Waals surface area contributed by atoms with E-state index >= 15 is 0 Å². The van der Waals surface area contributed by atoms with Crippen molar-refractivity contribution in [3.8, 4) is 0 Å². The van der Waals surface area contributed by atoms with E-state index in [1.54, 1.807) is 0 Å². The average molecular weight is 326 g/mol. The molecule has 0 rings (SSSR count). The monoisotopic (exact) mass is 326 g/mol. The Balaban J connectivity index is 5.06. The summed E-state index contributed by atoms with van der Waals surface area (Å²) in [5, 5.41) is 0. The molecule has 0 aromatic rings. The molecule has 0 amide bonds. The zero-order valence-corrected chi connectivity index (χ0v) is 15.5. The highest BCUT2D eigenvalue weighted by Gasteiger charge is 2.30. The van der Waals surface area contributed by atoms with Crippen molar-refractivity contribution in [3.05, 3.63) is 11.6 Å². The molecular formula is C19H34O4. The van der Waals surface area contributed by atoms with Crippen molar-refractivity contribution in [1.29, 1.82) is 0 Å². The molecule has 0 heterocycles. The smallest absolute Gasteiger partial charge is 0.334 e. The molecule has 0 bridgehead atoms. The molecule has 0 spiro atoms. The highest BCUT2D eigenvalue weighted by Crippen LogP contribution is 2.24. The lowest BCUT2D eigenvalue weighted by molar-refractivity contribution is -0.151. The lowest BCUT2D eigenvalue weighted by Crippen LogP contribution is -2.27. The van der Waals surface area contributed by atoms with E-state index in [-0.39, 0.29) is 11.9 Å². The average Bonchev–Trinajstić information content (AvgIpc) is 2.50. The van der Waals surface area contributed by atoms with Crippen molar-refractivity contribution >= 4 is 11.9 Å². The summed E-state index contributed by atoms with van der Waals surface area (Å²) in [6, 6.07) is 0. The van der Waals surface area contributed by atoms with Crippen molar-refractivity contribution in [2.75, 3.05) is 13.2 Å². The van der Waals surface area contributed by atoms with Gasteiger partial charge in [-0.3, -0.25) is 4.79 Å². The van der Waals surface area contributed by atoms with Crippen molar-refractivity contribution in [3.63, 3.8) is 0 Å². The van der Waals surface area contributed by atoms with Gasteiger partial charge in [-0.05, 0) is 31.6 Å². The second-order valence-electron chi connectivity index (χ2n) is 6.26. The van der Waals surface area contributed by atoms with Crippen molar-refractivity contribution < 1.29 is 19.1 Å². The number of carbonyl (C=O) groups is 2. The molecule has 0 aromatic heterocycles. The summed E-state index contributed by atoms with van der Waals surface area (Å²) in [5.74, 6) is -0.916. The Morgan fingerprint density at radius 1 is 0.957 bits per heavy atom. The number of esters is 2. The number of unbranched alkanes of at least 4 members (excludes halogenated alkanes) is 2. The number of hydrogen-bond donors (Lipinski definition) is 0. The third-order valence-electron chi connectivity index (χ3n) is 3.50. The van der Waals surface area contributed by atoms with Crippen LogP contribution in [0.25, 0.3) is 0 Å². The molecule has 0 fully saturated rings. The molecule has 0 aliphatic rings. The van der Waals surface area contributed by atoms with Gasteiger partial charge in [-0.1, -0.05) is 53.5 Å². The normalized spacial score (nSPS) is 13.0. The lowest BCUT2D eigenvalue weighted by Gasteiger charge is -2.20. The molecule has 0 aliphatic carbocycles. The van der Waals surface area contributed by atoms with Crippen LogP contribution in [-0.2, 0) is 19.1 Å². The predicted molar refractivity (Wildman–Crippen MR) is 93.1 cm³/mol. The Morgan fingerprint density at radius 3 is 2.00 bits per heavy atom. The number of allylic oxidation sites excluding steroid dienone is 1. The van der Waals surface area contributed by atoms with E-state index < -0.39 is 5.92 Å². The zero-order valence-electron chi connectivity index (χ0n) is 15.5. The Kier molecular flexibility index (Phi) is 12.4. The Hall–Kier alpha value is -1.32. The van der Waals surface area contributed by atoms with Crippen LogP contribution in [0, 0.1) is 11.8 Å². The van der Waals surface area contributed by atoms with Crippen LogP contribution in [0.15, 0.2) is 11.6 Å². The van der Waals surface area contributed by atoms with Crippen molar-refractivity contribution in [1.82, 2.24) is 0 Å². The maximum Gasteiger partial charge on any atom is 0.334 e. The Bertz CT molecular complexity index is 372. The molecule has 1 atom stereocenters. The minimum atomic E-state index is -0.527. The van der Waals surface area contributed by atoms with Gasteiger partial charge in [0, 0.05) is 5.57 Å². The zero-order chi connectivity index (χ0) is 17.7. The van der Waals surface area contributed by atoms with Gasteiger partial charge >= 0.3 is 11.9 Å². The highest BCUT2D eigenvalue weighted by atomic mass is 16.5. The first-order valence-electron chi connectivity index (χ1n) is 9.01. The topological polar surface area (TPSA) is 52.6 Å². The van der Waals surface area contributed by atoms with Crippen molar-refractivity contribution in [2.24, 2.45) is 11.8 Å². The van der Waals surface area contributed by atoms with Gasteiger partial charge in [0.2, 0.25) is 0 Å². The van der Waals surface area contributed by atoms with Gasteiger partial charge in [-0.2, -0.15) is 0 Å². The van der Waals surface area contributed by atoms with E-state index in [0.717, 1.165) is 25.7 Å². The van der Waals surface area contributed by atoms with E-state index in [1.807, 2.05) is 40.7 Å². The fourth-order valence-electron chi connectivity index (χ4n) is 2.22. The molecular weight excluding hydrogens is 292 g/mol. The highest BCUT2D eigenvalue weighted by molar-refractivity contribution is 5.95. The van der Waals surface area contributed by atoms with Gasteiger partial charge in [-0.25, -0.2) is 4.79 Å². The summed E-state index contributed by atoms with van der Waals surface area (Å²) in [6.45, 7) is 10.9. The fraction of sp³-hybridized carbons (Fsp3) is 0.789. The maximum absolute atomic E-state index is 12.4. The second kappa shape index (κ2) is 13.1. The summed E-state index contributed by atoms with van der Waals surface area (Å²) < 4.78 is 10.7. The fourth-order valence-corrected chi connectivity index (χ4v) is 2.22.